The standard InChI is InChI=1S/C19H20N2O3/c22-17(23)5-2-10-21-16-4-1-3-14-13(12-8-9-20-11-12)6-7-15(18(14)16)19(21)24/h1,3-4,6-7,12,20H,2,5,8-11H2,(H,22,23). The van der Waals surface area contributed by atoms with E-state index in [-0.39, 0.29) is 12.3 Å². The van der Waals surface area contributed by atoms with E-state index in [0.29, 0.717) is 18.9 Å². The van der Waals surface area contributed by atoms with E-state index in [0.717, 1.165) is 41.5 Å². The number of nitrogens with zero attached hydrogens (tertiary/aromatic N) is 1. The molecule has 0 radical (unpaired) electrons. The molecule has 2 aliphatic rings. The van der Waals surface area contributed by atoms with Gasteiger partial charge in [-0.1, -0.05) is 18.2 Å². The van der Waals surface area contributed by atoms with Crippen molar-refractivity contribution >= 4 is 28.3 Å². The molecule has 1 atom stereocenters. The molecule has 1 amide bonds. The van der Waals surface area contributed by atoms with Crippen LogP contribution in [0.25, 0.3) is 10.8 Å². The molecule has 5 heteroatoms. The monoisotopic (exact) mass is 324 g/mol. The molecule has 0 aliphatic carbocycles. The van der Waals surface area contributed by atoms with Gasteiger partial charge < -0.3 is 15.3 Å². The molecule has 0 spiro atoms. The Labute approximate surface area is 140 Å². The SMILES string of the molecule is O=C(O)CCCN1C(=O)c2ccc(C3CCNC3)c3cccc1c23. The fourth-order valence-electron chi connectivity index (χ4n) is 3.95. The summed E-state index contributed by atoms with van der Waals surface area (Å²) in [4.78, 5) is 25.2. The second kappa shape index (κ2) is 5.91. The molecule has 124 valence electrons. The summed E-state index contributed by atoms with van der Waals surface area (Å²) in [5, 5.41) is 14.4. The largest absolute Gasteiger partial charge is 0.481 e. The summed E-state index contributed by atoms with van der Waals surface area (Å²) in [6.45, 7) is 2.46. The highest BCUT2D eigenvalue weighted by Crippen LogP contribution is 2.41. The third-order valence-corrected chi connectivity index (χ3v) is 5.09. The van der Waals surface area contributed by atoms with Crippen molar-refractivity contribution in [3.8, 4) is 0 Å². The van der Waals surface area contributed by atoms with Crippen LogP contribution < -0.4 is 10.2 Å². The van der Waals surface area contributed by atoms with Gasteiger partial charge in [-0.2, -0.15) is 0 Å². The number of rotatable bonds is 5. The number of benzene rings is 2. The molecule has 2 aromatic carbocycles. The third kappa shape index (κ3) is 2.36. The quantitative estimate of drug-likeness (QED) is 0.887. The third-order valence-electron chi connectivity index (χ3n) is 5.09. The summed E-state index contributed by atoms with van der Waals surface area (Å²) in [6, 6.07) is 10.1. The van der Waals surface area contributed by atoms with Crippen molar-refractivity contribution in [1.29, 1.82) is 0 Å². The fourth-order valence-corrected chi connectivity index (χ4v) is 3.95. The van der Waals surface area contributed by atoms with Crippen molar-refractivity contribution < 1.29 is 14.7 Å². The Balaban J connectivity index is 1.74. The first kappa shape index (κ1) is 15.1. The van der Waals surface area contributed by atoms with E-state index in [9.17, 15) is 9.59 Å². The highest BCUT2D eigenvalue weighted by molar-refractivity contribution is 6.25. The van der Waals surface area contributed by atoms with Gasteiger partial charge in [-0.25, -0.2) is 0 Å². The summed E-state index contributed by atoms with van der Waals surface area (Å²) in [5.74, 6) is -0.346. The van der Waals surface area contributed by atoms with Gasteiger partial charge in [0, 0.05) is 30.5 Å². The van der Waals surface area contributed by atoms with Crippen LogP contribution in [0.1, 0.15) is 41.1 Å². The van der Waals surface area contributed by atoms with Gasteiger partial charge in [0.25, 0.3) is 5.91 Å². The van der Waals surface area contributed by atoms with E-state index in [4.69, 9.17) is 5.11 Å². The number of amides is 1. The molecular formula is C19H20N2O3. The molecule has 2 N–H and O–H groups in total. The minimum absolute atomic E-state index is 0.0114. The summed E-state index contributed by atoms with van der Waals surface area (Å²) in [7, 11) is 0. The smallest absolute Gasteiger partial charge is 0.303 e. The van der Waals surface area contributed by atoms with Gasteiger partial charge >= 0.3 is 5.97 Å². The van der Waals surface area contributed by atoms with Crippen molar-refractivity contribution in [2.24, 2.45) is 0 Å². The fraction of sp³-hybridized carbons (Fsp3) is 0.368. The van der Waals surface area contributed by atoms with E-state index in [1.54, 1.807) is 4.90 Å². The number of nitrogens with one attached hydrogen (secondary N) is 1. The molecule has 1 unspecified atom stereocenters. The van der Waals surface area contributed by atoms with Crippen LogP contribution in [-0.2, 0) is 4.79 Å². The van der Waals surface area contributed by atoms with Gasteiger partial charge in [0.1, 0.15) is 0 Å². The van der Waals surface area contributed by atoms with Crippen molar-refractivity contribution in [3.05, 3.63) is 41.5 Å². The van der Waals surface area contributed by atoms with Gasteiger partial charge in [-0.3, -0.25) is 9.59 Å². The van der Waals surface area contributed by atoms with Crippen LogP contribution in [0.15, 0.2) is 30.3 Å². The van der Waals surface area contributed by atoms with E-state index in [2.05, 4.69) is 17.4 Å². The van der Waals surface area contributed by atoms with Crippen LogP contribution in [0.5, 0.6) is 0 Å². The highest BCUT2D eigenvalue weighted by Gasteiger charge is 2.31. The molecule has 2 aromatic rings. The zero-order chi connectivity index (χ0) is 16.7. The Kier molecular flexibility index (Phi) is 3.73. The normalized spacial score (nSPS) is 19.4. The maximum absolute atomic E-state index is 12.8. The minimum atomic E-state index is -0.826. The van der Waals surface area contributed by atoms with Crippen LogP contribution in [-0.4, -0.2) is 36.6 Å². The zero-order valence-corrected chi connectivity index (χ0v) is 13.4. The van der Waals surface area contributed by atoms with Crippen LogP contribution in [0.2, 0.25) is 0 Å². The zero-order valence-electron chi connectivity index (χ0n) is 13.4. The van der Waals surface area contributed by atoms with Crippen molar-refractivity contribution in [2.75, 3.05) is 24.5 Å². The Morgan fingerprint density at radius 2 is 2.17 bits per heavy atom. The minimum Gasteiger partial charge on any atom is -0.481 e. The lowest BCUT2D eigenvalue weighted by molar-refractivity contribution is -0.137. The lowest BCUT2D eigenvalue weighted by atomic mass is 9.91. The predicted octanol–water partition coefficient (Wildman–Crippen LogP) is 2.74. The molecule has 0 saturated carbocycles. The maximum Gasteiger partial charge on any atom is 0.303 e. The summed E-state index contributed by atoms with van der Waals surface area (Å²) in [5.41, 5.74) is 2.97. The number of anilines is 1. The number of carbonyl (C=O) groups excluding carboxylic acids is 1. The molecule has 0 bridgehead atoms. The molecule has 24 heavy (non-hydrogen) atoms. The van der Waals surface area contributed by atoms with Crippen molar-refractivity contribution in [1.82, 2.24) is 5.32 Å². The molecule has 0 aromatic heterocycles. The second-order valence-electron chi connectivity index (χ2n) is 6.55. The Morgan fingerprint density at radius 1 is 1.29 bits per heavy atom. The Bertz CT molecular complexity index is 825. The first-order valence-corrected chi connectivity index (χ1v) is 8.47. The average Bonchev–Trinajstić information content (AvgIpc) is 3.18. The Hall–Kier alpha value is -2.40. The number of aliphatic carboxylic acids is 1. The first-order chi connectivity index (χ1) is 11.7. The van der Waals surface area contributed by atoms with Gasteiger partial charge in [-0.05, 0) is 48.4 Å². The summed E-state index contributed by atoms with van der Waals surface area (Å²) in [6.07, 6.45) is 1.66. The number of carbonyl (C=O) groups is 2. The summed E-state index contributed by atoms with van der Waals surface area (Å²) < 4.78 is 0. The number of carboxylic acid groups (broad SMARTS) is 1. The number of hydrogen-bond acceptors (Lipinski definition) is 3. The molecule has 2 heterocycles. The molecule has 5 nitrogen and oxygen atoms in total. The van der Waals surface area contributed by atoms with Gasteiger partial charge in [0.15, 0.2) is 0 Å². The van der Waals surface area contributed by atoms with Crippen LogP contribution in [0, 0.1) is 0 Å². The van der Waals surface area contributed by atoms with E-state index < -0.39 is 5.97 Å². The topological polar surface area (TPSA) is 69.6 Å². The molecule has 1 fully saturated rings. The first-order valence-electron chi connectivity index (χ1n) is 8.47. The maximum atomic E-state index is 12.8. The lowest BCUT2D eigenvalue weighted by Crippen LogP contribution is -2.28. The number of hydrogen-bond donors (Lipinski definition) is 2. The average molecular weight is 324 g/mol. The van der Waals surface area contributed by atoms with Crippen LogP contribution in [0.3, 0.4) is 0 Å². The van der Waals surface area contributed by atoms with Gasteiger partial charge in [-0.15, -0.1) is 0 Å². The molecular weight excluding hydrogens is 304 g/mol. The second-order valence-corrected chi connectivity index (χ2v) is 6.55. The van der Waals surface area contributed by atoms with Gasteiger partial charge in [0.2, 0.25) is 0 Å². The molecule has 2 aliphatic heterocycles. The predicted molar refractivity (Wildman–Crippen MR) is 92.7 cm³/mol. The highest BCUT2D eigenvalue weighted by atomic mass is 16.4. The van der Waals surface area contributed by atoms with E-state index in [1.165, 1.54) is 5.56 Å². The van der Waals surface area contributed by atoms with Crippen LogP contribution >= 0.6 is 0 Å². The number of carboxylic acids is 1. The lowest BCUT2D eigenvalue weighted by Gasteiger charge is -2.17. The van der Waals surface area contributed by atoms with Crippen LogP contribution in [0.4, 0.5) is 5.69 Å². The molecule has 4 rings (SSSR count). The summed E-state index contributed by atoms with van der Waals surface area (Å²) >= 11 is 0. The van der Waals surface area contributed by atoms with E-state index >= 15 is 0 Å². The molecule has 1 saturated heterocycles. The van der Waals surface area contributed by atoms with Gasteiger partial charge in [0.05, 0.1) is 5.69 Å². The van der Waals surface area contributed by atoms with Crippen molar-refractivity contribution in [3.63, 3.8) is 0 Å². The van der Waals surface area contributed by atoms with E-state index in [1.807, 2.05) is 18.2 Å². The van der Waals surface area contributed by atoms with Crippen molar-refractivity contribution in [2.45, 2.75) is 25.2 Å². The Morgan fingerprint density at radius 3 is 2.92 bits per heavy atom.